The predicted octanol–water partition coefficient (Wildman–Crippen LogP) is 1.90. The molecule has 78 valence electrons. The van der Waals surface area contributed by atoms with E-state index < -0.39 is 0 Å². The van der Waals surface area contributed by atoms with Gasteiger partial charge in [-0.1, -0.05) is 0 Å². The molecular weight excluding hydrogens is 188 g/mol. The summed E-state index contributed by atoms with van der Waals surface area (Å²) in [5.41, 5.74) is 3.96. The highest BCUT2D eigenvalue weighted by molar-refractivity contribution is 5.21. The van der Waals surface area contributed by atoms with Crippen molar-refractivity contribution in [2.75, 3.05) is 0 Å². The van der Waals surface area contributed by atoms with Crippen LogP contribution < -0.4 is 0 Å². The fraction of sp³-hybridized carbons (Fsp3) is 0.364. The first-order valence-corrected chi connectivity index (χ1v) is 4.92. The van der Waals surface area contributed by atoms with E-state index in [-0.39, 0.29) is 0 Å². The minimum absolute atomic E-state index is 0.651. The van der Waals surface area contributed by atoms with Gasteiger partial charge in [0.25, 0.3) is 5.95 Å². The maximum Gasteiger partial charge on any atom is 0.251 e. The van der Waals surface area contributed by atoms with Crippen molar-refractivity contribution in [1.29, 1.82) is 0 Å². The first-order chi connectivity index (χ1) is 7.06. The summed E-state index contributed by atoms with van der Waals surface area (Å²) in [4.78, 5) is 8.74. The average molecular weight is 202 g/mol. The Hall–Kier alpha value is -1.71. The highest BCUT2D eigenvalue weighted by Crippen LogP contribution is 2.08. The van der Waals surface area contributed by atoms with Crippen LogP contribution >= 0.6 is 0 Å². The molecule has 4 nitrogen and oxygen atoms in total. The van der Waals surface area contributed by atoms with E-state index in [1.165, 1.54) is 0 Å². The van der Waals surface area contributed by atoms with Gasteiger partial charge in [0.2, 0.25) is 0 Å². The van der Waals surface area contributed by atoms with Crippen molar-refractivity contribution >= 4 is 0 Å². The van der Waals surface area contributed by atoms with Crippen LogP contribution in [0.1, 0.15) is 22.8 Å². The Morgan fingerprint density at radius 3 is 1.93 bits per heavy atom. The van der Waals surface area contributed by atoms with Crippen molar-refractivity contribution in [3.63, 3.8) is 0 Å². The summed E-state index contributed by atoms with van der Waals surface area (Å²) in [6.45, 7) is 7.89. The van der Waals surface area contributed by atoms with E-state index in [1.807, 2.05) is 39.8 Å². The third kappa shape index (κ3) is 1.88. The molecule has 2 aromatic heterocycles. The number of hydrogen-bond donors (Lipinski definition) is 0. The summed E-state index contributed by atoms with van der Waals surface area (Å²) in [6.07, 6.45) is 0. The molecule has 0 aliphatic carbocycles. The quantitative estimate of drug-likeness (QED) is 0.709. The molecule has 0 radical (unpaired) electrons. The van der Waals surface area contributed by atoms with E-state index in [2.05, 4.69) is 15.1 Å². The Balaban J connectivity index is 2.58. The number of nitrogens with zero attached hydrogens (tertiary/aromatic N) is 4. The molecule has 2 rings (SSSR count). The molecule has 0 N–H and O–H groups in total. The molecule has 0 aromatic carbocycles. The molecule has 0 bridgehead atoms. The smallest absolute Gasteiger partial charge is 0.216 e. The third-order valence-electron chi connectivity index (χ3n) is 2.17. The molecular formula is C11H14N4. The fourth-order valence-electron chi connectivity index (χ4n) is 1.63. The Labute approximate surface area is 89.0 Å². The second kappa shape index (κ2) is 3.46. The molecule has 0 fully saturated rings. The second-order valence-electron chi connectivity index (χ2n) is 3.79. The molecule has 0 unspecified atom stereocenters. The van der Waals surface area contributed by atoms with Crippen LogP contribution in [0.2, 0.25) is 0 Å². The van der Waals surface area contributed by atoms with E-state index in [9.17, 15) is 0 Å². The van der Waals surface area contributed by atoms with Gasteiger partial charge in [-0.25, -0.2) is 14.6 Å². The molecule has 15 heavy (non-hydrogen) atoms. The van der Waals surface area contributed by atoms with Crippen LogP contribution in [0.3, 0.4) is 0 Å². The van der Waals surface area contributed by atoms with Crippen molar-refractivity contribution in [2.24, 2.45) is 0 Å². The van der Waals surface area contributed by atoms with Gasteiger partial charge >= 0.3 is 0 Å². The van der Waals surface area contributed by atoms with Crippen LogP contribution in [0, 0.1) is 27.7 Å². The van der Waals surface area contributed by atoms with E-state index in [1.54, 1.807) is 4.68 Å². The molecule has 0 aliphatic heterocycles. The van der Waals surface area contributed by atoms with Crippen LogP contribution in [0.4, 0.5) is 0 Å². The van der Waals surface area contributed by atoms with Gasteiger partial charge in [0.1, 0.15) is 0 Å². The monoisotopic (exact) mass is 202 g/mol. The minimum atomic E-state index is 0.651. The van der Waals surface area contributed by atoms with Gasteiger partial charge in [-0.2, -0.15) is 5.10 Å². The molecule has 0 atom stereocenters. The standard InChI is InChI=1S/C11H14N4/c1-7-5-8(2)13-11(12-7)15-10(4)6-9(3)14-15/h5-6H,1-4H3. The van der Waals surface area contributed by atoms with Crippen LogP contribution in [-0.2, 0) is 0 Å². The van der Waals surface area contributed by atoms with Gasteiger partial charge in [-0.15, -0.1) is 0 Å². The zero-order valence-electron chi connectivity index (χ0n) is 9.44. The van der Waals surface area contributed by atoms with Gasteiger partial charge < -0.3 is 0 Å². The molecule has 0 saturated heterocycles. The maximum absolute atomic E-state index is 4.37. The lowest BCUT2D eigenvalue weighted by molar-refractivity contribution is 0.763. The summed E-state index contributed by atoms with van der Waals surface area (Å²) < 4.78 is 1.77. The molecule has 4 heteroatoms. The second-order valence-corrected chi connectivity index (χ2v) is 3.79. The van der Waals surface area contributed by atoms with Crippen LogP contribution in [0.15, 0.2) is 12.1 Å². The van der Waals surface area contributed by atoms with Gasteiger partial charge in [0.05, 0.1) is 5.69 Å². The first-order valence-electron chi connectivity index (χ1n) is 4.92. The van der Waals surface area contributed by atoms with E-state index in [4.69, 9.17) is 0 Å². The van der Waals surface area contributed by atoms with E-state index in [0.717, 1.165) is 22.8 Å². The third-order valence-corrected chi connectivity index (χ3v) is 2.17. The van der Waals surface area contributed by atoms with E-state index >= 15 is 0 Å². The lowest BCUT2D eigenvalue weighted by atomic mass is 10.3. The van der Waals surface area contributed by atoms with E-state index in [0.29, 0.717) is 5.95 Å². The highest BCUT2D eigenvalue weighted by Gasteiger charge is 2.07. The zero-order valence-corrected chi connectivity index (χ0v) is 9.44. The van der Waals surface area contributed by atoms with Crippen LogP contribution in [0.5, 0.6) is 0 Å². The summed E-state index contributed by atoms with van der Waals surface area (Å²) in [7, 11) is 0. The van der Waals surface area contributed by atoms with Gasteiger partial charge in [0.15, 0.2) is 0 Å². The molecule has 2 heterocycles. The normalized spacial score (nSPS) is 10.7. The minimum Gasteiger partial charge on any atom is -0.216 e. The van der Waals surface area contributed by atoms with Gasteiger partial charge in [-0.3, -0.25) is 0 Å². The number of aromatic nitrogens is 4. The van der Waals surface area contributed by atoms with Crippen LogP contribution in [-0.4, -0.2) is 19.7 Å². The predicted molar refractivity (Wildman–Crippen MR) is 58.1 cm³/mol. The topological polar surface area (TPSA) is 43.6 Å². The molecule has 0 saturated carbocycles. The lowest BCUT2D eigenvalue weighted by Gasteiger charge is -2.04. The van der Waals surface area contributed by atoms with Crippen molar-refractivity contribution in [3.05, 3.63) is 34.9 Å². The Morgan fingerprint density at radius 2 is 1.47 bits per heavy atom. The summed E-state index contributed by atoms with van der Waals surface area (Å²) in [6, 6.07) is 3.97. The van der Waals surface area contributed by atoms with Gasteiger partial charge in [-0.05, 0) is 39.8 Å². The van der Waals surface area contributed by atoms with Crippen molar-refractivity contribution in [3.8, 4) is 5.95 Å². The zero-order chi connectivity index (χ0) is 11.0. The Kier molecular flexibility index (Phi) is 2.26. The SMILES string of the molecule is Cc1cc(C)nc(-n2nc(C)cc2C)n1. The average Bonchev–Trinajstić information content (AvgIpc) is 2.43. The lowest BCUT2D eigenvalue weighted by Crippen LogP contribution is -2.06. The number of hydrogen-bond acceptors (Lipinski definition) is 3. The summed E-state index contributed by atoms with van der Waals surface area (Å²) in [5, 5.41) is 4.35. The maximum atomic E-state index is 4.37. The number of aryl methyl sites for hydroxylation is 4. The van der Waals surface area contributed by atoms with Crippen molar-refractivity contribution in [1.82, 2.24) is 19.7 Å². The molecule has 0 spiro atoms. The van der Waals surface area contributed by atoms with Gasteiger partial charge in [0, 0.05) is 17.1 Å². The van der Waals surface area contributed by atoms with Crippen molar-refractivity contribution < 1.29 is 0 Å². The molecule has 2 aromatic rings. The summed E-state index contributed by atoms with van der Waals surface area (Å²) >= 11 is 0. The highest BCUT2D eigenvalue weighted by atomic mass is 15.4. The Morgan fingerprint density at radius 1 is 0.867 bits per heavy atom. The first kappa shape index (κ1) is 9.83. The van der Waals surface area contributed by atoms with Crippen LogP contribution in [0.25, 0.3) is 5.95 Å². The molecule has 0 amide bonds. The molecule has 0 aliphatic rings. The Bertz CT molecular complexity index is 479. The number of rotatable bonds is 1. The fourth-order valence-corrected chi connectivity index (χ4v) is 1.63. The van der Waals surface area contributed by atoms with Crippen molar-refractivity contribution in [2.45, 2.75) is 27.7 Å². The summed E-state index contributed by atoms with van der Waals surface area (Å²) in [5.74, 6) is 0.651. The largest absolute Gasteiger partial charge is 0.251 e.